The van der Waals surface area contributed by atoms with Crippen LogP contribution < -0.4 is 4.90 Å². The van der Waals surface area contributed by atoms with E-state index in [0.717, 1.165) is 12.8 Å². The lowest BCUT2D eigenvalue weighted by atomic mass is 9.91. The zero-order valence-corrected chi connectivity index (χ0v) is 18.9. The standard InChI is InChI=1S/C32H27N/c1-2-23-17-20-32(31-14-8-7-13-30(23)31)33(28-18-15-24-9-3-5-11-26(24)21-28)29-19-16-25-10-4-6-12-27(25)22-29/h3-21,29H,2,22H2,1H3. The van der Waals surface area contributed by atoms with Gasteiger partial charge in [0.2, 0.25) is 0 Å². The second-order valence-corrected chi connectivity index (χ2v) is 8.87. The van der Waals surface area contributed by atoms with Crippen molar-refractivity contribution in [3.8, 4) is 0 Å². The Labute approximate surface area is 195 Å². The van der Waals surface area contributed by atoms with Gasteiger partial charge in [-0.15, -0.1) is 0 Å². The molecule has 1 nitrogen and oxygen atoms in total. The molecule has 6 rings (SSSR count). The van der Waals surface area contributed by atoms with Crippen LogP contribution in [0.15, 0.2) is 109 Å². The van der Waals surface area contributed by atoms with E-state index in [1.165, 1.54) is 49.6 Å². The molecule has 1 heteroatoms. The number of fused-ring (bicyclic) bond motifs is 3. The first-order valence-corrected chi connectivity index (χ1v) is 11.9. The Balaban J connectivity index is 1.57. The van der Waals surface area contributed by atoms with Gasteiger partial charge in [0.1, 0.15) is 0 Å². The molecule has 0 radical (unpaired) electrons. The third-order valence-corrected chi connectivity index (χ3v) is 6.96. The normalized spacial score (nSPS) is 15.0. The van der Waals surface area contributed by atoms with Gasteiger partial charge >= 0.3 is 0 Å². The summed E-state index contributed by atoms with van der Waals surface area (Å²) in [6.45, 7) is 2.24. The predicted molar refractivity (Wildman–Crippen MR) is 142 cm³/mol. The summed E-state index contributed by atoms with van der Waals surface area (Å²) >= 11 is 0. The van der Waals surface area contributed by atoms with Gasteiger partial charge in [0.25, 0.3) is 0 Å². The lowest BCUT2D eigenvalue weighted by Gasteiger charge is -2.35. The average molecular weight is 426 g/mol. The average Bonchev–Trinajstić information content (AvgIpc) is 2.89. The molecule has 1 aliphatic rings. The molecular weight excluding hydrogens is 398 g/mol. The minimum atomic E-state index is 0.247. The Morgan fingerprint density at radius 2 is 1.48 bits per heavy atom. The van der Waals surface area contributed by atoms with E-state index in [-0.39, 0.29) is 6.04 Å². The van der Waals surface area contributed by atoms with Gasteiger partial charge in [-0.25, -0.2) is 0 Å². The maximum Gasteiger partial charge on any atom is 0.0566 e. The smallest absolute Gasteiger partial charge is 0.0566 e. The molecule has 0 aliphatic heterocycles. The highest BCUT2D eigenvalue weighted by Crippen LogP contribution is 2.39. The molecule has 0 aromatic heterocycles. The molecule has 0 saturated heterocycles. The zero-order chi connectivity index (χ0) is 22.2. The summed E-state index contributed by atoms with van der Waals surface area (Å²) in [6, 6.07) is 38.0. The molecule has 0 fully saturated rings. The fourth-order valence-corrected chi connectivity index (χ4v) is 5.27. The summed E-state index contributed by atoms with van der Waals surface area (Å²) in [5.74, 6) is 0. The van der Waals surface area contributed by atoms with E-state index in [9.17, 15) is 0 Å². The number of benzene rings is 5. The van der Waals surface area contributed by atoms with Crippen molar-refractivity contribution in [1.29, 1.82) is 0 Å². The Hall–Kier alpha value is -3.84. The van der Waals surface area contributed by atoms with Crippen LogP contribution in [0.1, 0.15) is 23.6 Å². The van der Waals surface area contributed by atoms with Crippen LogP contribution in [0.5, 0.6) is 0 Å². The van der Waals surface area contributed by atoms with Gasteiger partial charge in [-0.1, -0.05) is 104 Å². The van der Waals surface area contributed by atoms with Crippen molar-refractivity contribution in [2.45, 2.75) is 25.8 Å². The van der Waals surface area contributed by atoms with Crippen LogP contribution in [0.2, 0.25) is 0 Å². The first-order chi connectivity index (χ1) is 16.3. The van der Waals surface area contributed by atoms with Gasteiger partial charge in [0.05, 0.1) is 6.04 Å². The molecule has 160 valence electrons. The lowest BCUT2D eigenvalue weighted by Crippen LogP contribution is -2.33. The highest BCUT2D eigenvalue weighted by atomic mass is 15.2. The SMILES string of the molecule is CCc1ccc(N(c2ccc3ccccc3c2)C2C=Cc3ccccc3C2)c2ccccc12. The van der Waals surface area contributed by atoms with Gasteiger partial charge < -0.3 is 4.90 Å². The van der Waals surface area contributed by atoms with Gasteiger partial charge in [-0.3, -0.25) is 0 Å². The highest BCUT2D eigenvalue weighted by molar-refractivity contribution is 5.99. The monoisotopic (exact) mass is 425 g/mol. The van der Waals surface area contributed by atoms with Crippen LogP contribution in [0.25, 0.3) is 27.6 Å². The van der Waals surface area contributed by atoms with Gasteiger partial charge in [-0.05, 0) is 63.9 Å². The summed E-state index contributed by atoms with van der Waals surface area (Å²) < 4.78 is 0. The van der Waals surface area contributed by atoms with E-state index in [1.807, 2.05) is 0 Å². The first kappa shape index (κ1) is 19.8. The third-order valence-electron chi connectivity index (χ3n) is 6.96. The quantitative estimate of drug-likeness (QED) is 0.280. The molecule has 5 aromatic rings. The van der Waals surface area contributed by atoms with E-state index in [1.54, 1.807) is 0 Å². The van der Waals surface area contributed by atoms with E-state index in [2.05, 4.69) is 127 Å². The van der Waals surface area contributed by atoms with E-state index in [0.29, 0.717) is 0 Å². The van der Waals surface area contributed by atoms with Gasteiger partial charge in [0, 0.05) is 16.8 Å². The number of nitrogens with zero attached hydrogens (tertiary/aromatic N) is 1. The van der Waals surface area contributed by atoms with Crippen LogP contribution in [0.4, 0.5) is 11.4 Å². The van der Waals surface area contributed by atoms with Crippen LogP contribution in [-0.4, -0.2) is 6.04 Å². The molecular formula is C32H27N. The minimum absolute atomic E-state index is 0.247. The Kier molecular flexibility index (Phi) is 4.96. The molecule has 0 saturated carbocycles. The van der Waals surface area contributed by atoms with Crippen LogP contribution >= 0.6 is 0 Å². The lowest BCUT2D eigenvalue weighted by molar-refractivity contribution is 0.769. The Bertz CT molecular complexity index is 1490. The van der Waals surface area contributed by atoms with Crippen molar-refractivity contribution < 1.29 is 0 Å². The maximum absolute atomic E-state index is 2.54. The first-order valence-electron chi connectivity index (χ1n) is 11.9. The molecule has 1 aliphatic carbocycles. The maximum atomic E-state index is 2.54. The molecule has 0 amide bonds. The number of rotatable bonds is 4. The number of anilines is 2. The number of aryl methyl sites for hydroxylation is 1. The second kappa shape index (κ2) is 8.26. The van der Waals surface area contributed by atoms with Crippen molar-refractivity contribution in [2.24, 2.45) is 0 Å². The molecule has 0 bridgehead atoms. The Morgan fingerprint density at radius 1 is 0.727 bits per heavy atom. The summed E-state index contributed by atoms with van der Waals surface area (Å²) in [5, 5.41) is 5.22. The van der Waals surface area contributed by atoms with E-state index < -0.39 is 0 Å². The summed E-state index contributed by atoms with van der Waals surface area (Å²) in [5.41, 5.74) is 6.64. The summed E-state index contributed by atoms with van der Waals surface area (Å²) in [6.07, 6.45) is 6.69. The molecule has 1 atom stereocenters. The molecule has 0 N–H and O–H groups in total. The van der Waals surface area contributed by atoms with Crippen molar-refractivity contribution in [2.75, 3.05) is 4.90 Å². The molecule has 1 unspecified atom stereocenters. The molecule has 0 spiro atoms. The number of hydrogen-bond donors (Lipinski definition) is 0. The van der Waals surface area contributed by atoms with E-state index in [4.69, 9.17) is 0 Å². The second-order valence-electron chi connectivity index (χ2n) is 8.87. The van der Waals surface area contributed by atoms with Gasteiger partial charge in [-0.2, -0.15) is 0 Å². The van der Waals surface area contributed by atoms with Crippen molar-refractivity contribution >= 4 is 39.0 Å². The topological polar surface area (TPSA) is 3.24 Å². The number of hydrogen-bond acceptors (Lipinski definition) is 1. The van der Waals surface area contributed by atoms with Crippen molar-refractivity contribution in [3.05, 3.63) is 126 Å². The minimum Gasteiger partial charge on any atom is -0.334 e. The molecule has 5 aromatic carbocycles. The van der Waals surface area contributed by atoms with E-state index >= 15 is 0 Å². The highest BCUT2D eigenvalue weighted by Gasteiger charge is 2.24. The zero-order valence-electron chi connectivity index (χ0n) is 18.9. The van der Waals surface area contributed by atoms with Crippen LogP contribution in [0.3, 0.4) is 0 Å². The summed E-state index contributed by atoms with van der Waals surface area (Å²) in [4.78, 5) is 2.54. The summed E-state index contributed by atoms with van der Waals surface area (Å²) in [7, 11) is 0. The van der Waals surface area contributed by atoms with Crippen LogP contribution in [-0.2, 0) is 12.8 Å². The predicted octanol–water partition coefficient (Wildman–Crippen LogP) is 8.33. The third kappa shape index (κ3) is 3.50. The molecule has 0 heterocycles. The van der Waals surface area contributed by atoms with Crippen molar-refractivity contribution in [1.82, 2.24) is 0 Å². The fourth-order valence-electron chi connectivity index (χ4n) is 5.27. The largest absolute Gasteiger partial charge is 0.334 e. The van der Waals surface area contributed by atoms with Gasteiger partial charge in [0.15, 0.2) is 0 Å². The molecule has 33 heavy (non-hydrogen) atoms. The Morgan fingerprint density at radius 3 is 2.36 bits per heavy atom. The van der Waals surface area contributed by atoms with Crippen molar-refractivity contribution in [3.63, 3.8) is 0 Å². The van der Waals surface area contributed by atoms with Crippen LogP contribution in [0, 0.1) is 0 Å². The fraction of sp³-hybridized carbons (Fsp3) is 0.125.